The lowest BCUT2D eigenvalue weighted by molar-refractivity contribution is -0.141. The second-order valence-electron chi connectivity index (χ2n) is 6.87. The molecule has 0 radical (unpaired) electrons. The summed E-state index contributed by atoms with van der Waals surface area (Å²) in [5.41, 5.74) is 0.364. The van der Waals surface area contributed by atoms with Gasteiger partial charge in [-0.1, -0.05) is 13.0 Å². The van der Waals surface area contributed by atoms with Crippen LogP contribution in [0.4, 0.5) is 0 Å². The van der Waals surface area contributed by atoms with E-state index in [0.717, 1.165) is 5.56 Å². The molecule has 0 spiro atoms. The third kappa shape index (κ3) is 5.00. The lowest BCUT2D eigenvalue weighted by atomic mass is 9.80. The van der Waals surface area contributed by atoms with E-state index in [2.05, 4.69) is 4.98 Å². The third-order valence-electron chi connectivity index (χ3n) is 4.90. The Bertz CT molecular complexity index is 526. The molecule has 1 aromatic heterocycles. The van der Waals surface area contributed by atoms with E-state index in [-0.39, 0.29) is 11.8 Å². The fourth-order valence-electron chi connectivity index (χ4n) is 3.23. The molecule has 0 bridgehead atoms. The minimum atomic E-state index is -0.728. The average molecular weight is 335 g/mol. The first kappa shape index (κ1) is 18.8. The first-order valence-corrected chi connectivity index (χ1v) is 8.51. The Morgan fingerprint density at radius 1 is 1.58 bits per heavy atom. The number of likely N-dealkylation sites (tertiary alicyclic amines) is 1. The zero-order valence-electron chi connectivity index (χ0n) is 14.9. The Labute approximate surface area is 144 Å². The second-order valence-corrected chi connectivity index (χ2v) is 6.87. The highest BCUT2D eigenvalue weighted by molar-refractivity contribution is 5.78. The molecule has 1 amide bonds. The van der Waals surface area contributed by atoms with Crippen LogP contribution in [0.5, 0.6) is 0 Å². The molecule has 2 heterocycles. The number of ether oxygens (including phenoxy) is 1. The van der Waals surface area contributed by atoms with E-state index in [1.54, 1.807) is 13.3 Å². The maximum absolute atomic E-state index is 12.5. The van der Waals surface area contributed by atoms with Crippen LogP contribution in [0.2, 0.25) is 0 Å². The maximum atomic E-state index is 12.5. The van der Waals surface area contributed by atoms with Crippen LogP contribution in [-0.4, -0.2) is 71.8 Å². The predicted molar refractivity (Wildman–Crippen MR) is 92.4 cm³/mol. The van der Waals surface area contributed by atoms with Crippen LogP contribution < -0.4 is 0 Å². The number of piperidine rings is 1. The first-order valence-electron chi connectivity index (χ1n) is 8.51. The summed E-state index contributed by atoms with van der Waals surface area (Å²) in [6.45, 7) is 4.82. The number of carbonyl (C=O) groups excluding carboxylic acids is 1. The minimum absolute atomic E-state index is 0.0500. The molecule has 0 saturated carbocycles. The van der Waals surface area contributed by atoms with Gasteiger partial charge in [-0.25, -0.2) is 0 Å². The molecule has 1 N–H and O–H groups in total. The minimum Gasteiger partial charge on any atom is -0.389 e. The smallest absolute Gasteiger partial charge is 0.236 e. The first-order chi connectivity index (χ1) is 11.4. The standard InChI is InChI=1S/C18H29N3O3/c1-15-12-21(9-6-18(15,23)7-10-24-3)17(22)14-20(2)13-16-5-4-8-19-11-16/h4-5,8,11,15,23H,6-7,9-10,12-14H2,1-3H3/t15-,18-/m1/s1. The average Bonchev–Trinajstić information content (AvgIpc) is 2.56. The number of likely N-dealkylation sites (N-methyl/N-ethyl adjacent to an activating group) is 1. The molecule has 1 fully saturated rings. The van der Waals surface area contributed by atoms with Crippen molar-refractivity contribution in [3.8, 4) is 0 Å². The van der Waals surface area contributed by atoms with Gasteiger partial charge in [-0.05, 0) is 31.5 Å². The van der Waals surface area contributed by atoms with Crippen LogP contribution >= 0.6 is 0 Å². The number of nitrogens with zero attached hydrogens (tertiary/aromatic N) is 3. The molecule has 2 rings (SSSR count). The van der Waals surface area contributed by atoms with E-state index >= 15 is 0 Å². The largest absolute Gasteiger partial charge is 0.389 e. The van der Waals surface area contributed by atoms with Crippen LogP contribution in [0.3, 0.4) is 0 Å². The van der Waals surface area contributed by atoms with Crippen molar-refractivity contribution in [2.45, 2.75) is 31.9 Å². The van der Waals surface area contributed by atoms with E-state index in [4.69, 9.17) is 4.74 Å². The lowest BCUT2D eigenvalue weighted by Crippen LogP contribution is -2.54. The van der Waals surface area contributed by atoms with Crippen molar-refractivity contribution in [3.05, 3.63) is 30.1 Å². The van der Waals surface area contributed by atoms with Gasteiger partial charge in [-0.2, -0.15) is 0 Å². The molecule has 1 aliphatic heterocycles. The number of hydrogen-bond acceptors (Lipinski definition) is 5. The lowest BCUT2D eigenvalue weighted by Gasteiger charge is -2.43. The molecule has 1 saturated heterocycles. The summed E-state index contributed by atoms with van der Waals surface area (Å²) in [6, 6.07) is 3.91. The van der Waals surface area contributed by atoms with Gasteiger partial charge in [0.2, 0.25) is 5.91 Å². The molecular weight excluding hydrogens is 306 g/mol. The summed E-state index contributed by atoms with van der Waals surface area (Å²) < 4.78 is 5.09. The molecule has 0 aliphatic carbocycles. The monoisotopic (exact) mass is 335 g/mol. The number of methoxy groups -OCH3 is 1. The fraction of sp³-hybridized carbons (Fsp3) is 0.667. The fourth-order valence-corrected chi connectivity index (χ4v) is 3.23. The highest BCUT2D eigenvalue weighted by atomic mass is 16.5. The molecule has 0 unspecified atom stereocenters. The van der Waals surface area contributed by atoms with Crippen molar-refractivity contribution in [1.82, 2.24) is 14.8 Å². The van der Waals surface area contributed by atoms with Crippen molar-refractivity contribution < 1.29 is 14.6 Å². The second kappa shape index (κ2) is 8.55. The van der Waals surface area contributed by atoms with E-state index in [0.29, 0.717) is 45.6 Å². The van der Waals surface area contributed by atoms with Crippen molar-refractivity contribution in [2.24, 2.45) is 5.92 Å². The Hall–Kier alpha value is -1.50. The van der Waals surface area contributed by atoms with Crippen LogP contribution in [0.25, 0.3) is 0 Å². The topological polar surface area (TPSA) is 65.9 Å². The number of amides is 1. The molecule has 134 valence electrons. The van der Waals surface area contributed by atoms with Crippen molar-refractivity contribution in [3.63, 3.8) is 0 Å². The van der Waals surface area contributed by atoms with Crippen LogP contribution in [0.1, 0.15) is 25.3 Å². The molecular formula is C18H29N3O3. The number of rotatable bonds is 7. The Kier molecular flexibility index (Phi) is 6.71. The summed E-state index contributed by atoms with van der Waals surface area (Å²) in [4.78, 5) is 20.5. The summed E-state index contributed by atoms with van der Waals surface area (Å²) in [6.07, 6.45) is 4.79. The zero-order chi connectivity index (χ0) is 17.6. The molecule has 6 nitrogen and oxygen atoms in total. The van der Waals surface area contributed by atoms with E-state index in [1.165, 1.54) is 0 Å². The van der Waals surface area contributed by atoms with Crippen molar-refractivity contribution in [1.29, 1.82) is 0 Å². The van der Waals surface area contributed by atoms with Crippen LogP contribution in [0.15, 0.2) is 24.5 Å². The van der Waals surface area contributed by atoms with Gasteiger partial charge in [-0.15, -0.1) is 0 Å². The number of aliphatic hydroxyl groups is 1. The van der Waals surface area contributed by atoms with E-state index < -0.39 is 5.60 Å². The van der Waals surface area contributed by atoms with Gasteiger partial charge >= 0.3 is 0 Å². The number of aromatic nitrogens is 1. The molecule has 0 aromatic carbocycles. The van der Waals surface area contributed by atoms with Crippen molar-refractivity contribution in [2.75, 3.05) is 40.4 Å². The quantitative estimate of drug-likeness (QED) is 0.810. The Morgan fingerprint density at radius 2 is 2.38 bits per heavy atom. The van der Waals surface area contributed by atoms with Gasteiger partial charge in [0.05, 0.1) is 12.1 Å². The van der Waals surface area contributed by atoms with Gasteiger partial charge in [-0.3, -0.25) is 14.7 Å². The van der Waals surface area contributed by atoms with Crippen LogP contribution in [0, 0.1) is 5.92 Å². The normalized spacial score (nSPS) is 24.4. The number of hydrogen-bond donors (Lipinski definition) is 1. The Morgan fingerprint density at radius 3 is 3.00 bits per heavy atom. The molecule has 2 atom stereocenters. The van der Waals surface area contributed by atoms with Gasteiger partial charge < -0.3 is 14.7 Å². The summed E-state index contributed by atoms with van der Waals surface area (Å²) >= 11 is 0. The molecule has 24 heavy (non-hydrogen) atoms. The molecule has 1 aromatic rings. The molecule has 1 aliphatic rings. The summed E-state index contributed by atoms with van der Waals surface area (Å²) in [5, 5.41) is 10.7. The number of carbonyl (C=O) groups is 1. The third-order valence-corrected chi connectivity index (χ3v) is 4.90. The predicted octanol–water partition coefficient (Wildman–Crippen LogP) is 1.15. The summed E-state index contributed by atoms with van der Waals surface area (Å²) in [7, 11) is 3.58. The zero-order valence-corrected chi connectivity index (χ0v) is 14.9. The van der Waals surface area contributed by atoms with E-state index in [9.17, 15) is 9.90 Å². The van der Waals surface area contributed by atoms with Crippen molar-refractivity contribution >= 4 is 5.91 Å². The highest BCUT2D eigenvalue weighted by Crippen LogP contribution is 2.31. The van der Waals surface area contributed by atoms with Gasteiger partial charge in [0.1, 0.15) is 0 Å². The van der Waals surface area contributed by atoms with Gasteiger partial charge in [0, 0.05) is 51.7 Å². The summed E-state index contributed by atoms with van der Waals surface area (Å²) in [5.74, 6) is 0.163. The Balaban J connectivity index is 1.83. The molecule has 6 heteroatoms. The highest BCUT2D eigenvalue weighted by Gasteiger charge is 2.39. The van der Waals surface area contributed by atoms with E-state index in [1.807, 2.05) is 42.1 Å². The number of pyridine rings is 1. The SMILES string of the molecule is COCC[C@]1(O)CCN(C(=O)CN(C)Cc2cccnc2)C[C@H]1C. The van der Waals surface area contributed by atoms with Gasteiger partial charge in [0.25, 0.3) is 0 Å². The maximum Gasteiger partial charge on any atom is 0.236 e. The van der Waals surface area contributed by atoms with Crippen LogP contribution in [-0.2, 0) is 16.1 Å². The van der Waals surface area contributed by atoms with Gasteiger partial charge in [0.15, 0.2) is 0 Å².